The molecule has 4 heterocycles. The molecule has 16 heteroatoms. The summed E-state index contributed by atoms with van der Waals surface area (Å²) in [6, 6.07) is 19.4. The van der Waals surface area contributed by atoms with Crippen molar-refractivity contribution in [3.05, 3.63) is 93.4 Å². The molecule has 4 aromatic heterocycles. The number of fused-ring (bicyclic) bond motifs is 2. The summed E-state index contributed by atoms with van der Waals surface area (Å²) in [5, 5.41) is 21.1. The van der Waals surface area contributed by atoms with Gasteiger partial charge in [0.15, 0.2) is 34.1 Å². The van der Waals surface area contributed by atoms with Gasteiger partial charge < -0.3 is 23.4 Å². The zero-order chi connectivity index (χ0) is 45.1. The zero-order valence-corrected chi connectivity index (χ0v) is 42.9. The van der Waals surface area contributed by atoms with Gasteiger partial charge in [0, 0.05) is 8.95 Å². The summed E-state index contributed by atoms with van der Waals surface area (Å²) < 4.78 is 29.5. The second-order valence-corrected chi connectivity index (χ2v) is 30.4. The van der Waals surface area contributed by atoms with Crippen LogP contribution < -0.4 is 9.47 Å². The SMILES string of the molecule is CC(=O)COc1cc(Br)cc2c1cnn2-c1cccc(CO[Si](C)(C)C(C)(C)C)n1.CC(C)(O)COc1cc(Br)cc2c1cnn2-c1cccc(CO[Si](C)(C)C(C)(C)C)n1. The van der Waals surface area contributed by atoms with Crippen molar-refractivity contribution in [3.8, 4) is 23.1 Å². The van der Waals surface area contributed by atoms with Crippen molar-refractivity contribution in [2.24, 2.45) is 0 Å². The predicted octanol–water partition coefficient (Wildman–Crippen LogP) is 11.5. The summed E-state index contributed by atoms with van der Waals surface area (Å²) in [5.74, 6) is 2.66. The summed E-state index contributed by atoms with van der Waals surface area (Å²) in [7, 11) is -3.72. The smallest absolute Gasteiger partial charge is 0.192 e. The van der Waals surface area contributed by atoms with Crippen molar-refractivity contribution in [2.75, 3.05) is 13.2 Å². The molecule has 0 radical (unpaired) electrons. The van der Waals surface area contributed by atoms with E-state index in [0.717, 1.165) is 48.0 Å². The lowest BCUT2D eigenvalue weighted by Gasteiger charge is -2.36. The summed E-state index contributed by atoms with van der Waals surface area (Å²) in [4.78, 5) is 20.9. The maximum Gasteiger partial charge on any atom is 0.192 e. The van der Waals surface area contributed by atoms with Gasteiger partial charge in [0.2, 0.25) is 0 Å². The van der Waals surface area contributed by atoms with Crippen LogP contribution in [0.2, 0.25) is 36.3 Å². The average Bonchev–Trinajstić information content (AvgIpc) is 3.78. The van der Waals surface area contributed by atoms with E-state index < -0.39 is 22.2 Å². The van der Waals surface area contributed by atoms with Crippen molar-refractivity contribution in [3.63, 3.8) is 0 Å². The second kappa shape index (κ2) is 18.9. The van der Waals surface area contributed by atoms with E-state index in [-0.39, 0.29) is 29.1 Å². The Kier molecular flexibility index (Phi) is 15.0. The number of carbonyl (C=O) groups is 1. The lowest BCUT2D eigenvalue weighted by Crippen LogP contribution is -2.40. The number of benzene rings is 2. The summed E-state index contributed by atoms with van der Waals surface area (Å²) in [5.41, 5.74) is 2.53. The third-order valence-electron chi connectivity index (χ3n) is 11.0. The molecule has 6 rings (SSSR count). The first-order valence-corrected chi connectivity index (χ1v) is 27.7. The largest absolute Gasteiger partial charge is 0.490 e. The topological polar surface area (TPSA) is 136 Å². The van der Waals surface area contributed by atoms with Gasteiger partial charge in [-0.3, -0.25) is 4.79 Å². The number of ketones is 1. The van der Waals surface area contributed by atoms with Gasteiger partial charge in [0.1, 0.15) is 24.7 Å². The van der Waals surface area contributed by atoms with E-state index in [1.54, 1.807) is 35.6 Å². The van der Waals surface area contributed by atoms with Crippen LogP contribution in [0.25, 0.3) is 33.4 Å². The lowest BCUT2D eigenvalue weighted by molar-refractivity contribution is -0.118. The van der Waals surface area contributed by atoms with Crippen LogP contribution in [-0.4, -0.2) is 75.9 Å². The van der Waals surface area contributed by atoms with Crippen LogP contribution in [0.5, 0.6) is 11.5 Å². The number of halogens is 2. The fraction of sp³-hybridized carbons (Fsp3) is 0.444. The van der Waals surface area contributed by atoms with Crippen LogP contribution in [0.15, 0.2) is 82.0 Å². The molecular weight excluding hydrogens is 937 g/mol. The van der Waals surface area contributed by atoms with Crippen molar-refractivity contribution in [1.82, 2.24) is 29.5 Å². The van der Waals surface area contributed by atoms with Crippen molar-refractivity contribution < 1.29 is 28.2 Å². The van der Waals surface area contributed by atoms with Gasteiger partial charge in [-0.15, -0.1) is 0 Å². The molecule has 0 atom stereocenters. The molecule has 6 aromatic rings. The van der Waals surface area contributed by atoms with Gasteiger partial charge in [0.05, 0.1) is 64.4 Å². The van der Waals surface area contributed by atoms with E-state index in [2.05, 4.69) is 110 Å². The number of rotatable bonds is 14. The van der Waals surface area contributed by atoms with Gasteiger partial charge in [-0.25, -0.2) is 19.3 Å². The first kappa shape index (κ1) is 48.3. The Morgan fingerprint density at radius 1 is 0.672 bits per heavy atom. The quantitative estimate of drug-likeness (QED) is 0.105. The van der Waals surface area contributed by atoms with Crippen molar-refractivity contribution in [1.29, 1.82) is 0 Å². The van der Waals surface area contributed by atoms with Crippen LogP contribution in [0, 0.1) is 0 Å². The highest BCUT2D eigenvalue weighted by molar-refractivity contribution is 9.10. The first-order chi connectivity index (χ1) is 28.2. The molecule has 0 amide bonds. The summed E-state index contributed by atoms with van der Waals surface area (Å²) in [6.45, 7) is 28.4. The number of hydrogen-bond donors (Lipinski definition) is 1. The van der Waals surface area contributed by atoms with Gasteiger partial charge >= 0.3 is 0 Å². The van der Waals surface area contributed by atoms with Gasteiger partial charge in [0.25, 0.3) is 0 Å². The van der Waals surface area contributed by atoms with Gasteiger partial charge in [-0.2, -0.15) is 10.2 Å². The molecule has 61 heavy (non-hydrogen) atoms. The Balaban J connectivity index is 0.000000231. The van der Waals surface area contributed by atoms with Gasteiger partial charge in [-0.1, -0.05) is 85.5 Å². The maximum absolute atomic E-state index is 11.3. The number of aliphatic hydroxyl groups is 1. The van der Waals surface area contributed by atoms with Crippen molar-refractivity contribution in [2.45, 2.75) is 117 Å². The molecule has 2 aromatic carbocycles. The van der Waals surface area contributed by atoms with Crippen LogP contribution >= 0.6 is 31.9 Å². The Morgan fingerprint density at radius 3 is 1.46 bits per heavy atom. The minimum absolute atomic E-state index is 0.0231. The van der Waals surface area contributed by atoms with E-state index in [1.807, 2.05) is 60.7 Å². The summed E-state index contributed by atoms with van der Waals surface area (Å²) >= 11 is 7.07. The molecule has 0 unspecified atom stereocenters. The monoisotopic (exact) mass is 994 g/mol. The van der Waals surface area contributed by atoms with Gasteiger partial charge in [-0.05, 0) is 106 Å². The fourth-order valence-electron chi connectivity index (χ4n) is 5.43. The number of Topliss-reactive ketones (excluding diaryl/α,β-unsaturated/α-hetero) is 1. The lowest BCUT2D eigenvalue weighted by atomic mass is 10.1. The number of aromatic nitrogens is 6. The Labute approximate surface area is 378 Å². The Morgan fingerprint density at radius 2 is 1.08 bits per heavy atom. The third kappa shape index (κ3) is 12.5. The molecule has 1 N–H and O–H groups in total. The number of pyridine rings is 2. The summed E-state index contributed by atoms with van der Waals surface area (Å²) in [6.07, 6.45) is 3.50. The standard InChI is InChI=1S/C23H32BrN3O3Si.C22H28BrN3O3Si/c1-22(2,3)31(6,7)30-14-17-9-8-10-21(26-17)27-19-11-16(24)12-20(18(19)13-25-27)29-15-23(4,5)28;1-15(27)13-28-20-11-16(23)10-19-18(20)12-24-26(19)21-9-7-8-17(25-21)14-29-30(5,6)22(2,3)4/h8-13,28H,14-15H2,1-7H3;7-12H,13-14H2,1-6H3. The maximum atomic E-state index is 11.3. The first-order valence-electron chi connectivity index (χ1n) is 20.3. The molecule has 12 nitrogen and oxygen atoms in total. The minimum Gasteiger partial charge on any atom is -0.490 e. The zero-order valence-electron chi connectivity index (χ0n) is 37.7. The highest BCUT2D eigenvalue weighted by Crippen LogP contribution is 2.39. The van der Waals surface area contributed by atoms with Crippen molar-refractivity contribution >= 4 is 76.1 Å². The van der Waals surface area contributed by atoms with E-state index in [0.29, 0.717) is 30.5 Å². The third-order valence-corrected chi connectivity index (χ3v) is 20.9. The normalized spacial score (nSPS) is 12.7. The molecule has 0 fully saturated rings. The number of hydrogen-bond acceptors (Lipinski definition) is 10. The molecule has 328 valence electrons. The molecule has 0 aliphatic carbocycles. The molecule has 0 bridgehead atoms. The number of ether oxygens (including phenoxy) is 2. The fourth-order valence-corrected chi connectivity index (χ4v) is 8.17. The average molecular weight is 997 g/mol. The Hall–Kier alpha value is -3.78. The van der Waals surface area contributed by atoms with E-state index >= 15 is 0 Å². The number of carbonyl (C=O) groups excluding carboxylic acids is 1. The predicted molar refractivity (Wildman–Crippen MR) is 255 cm³/mol. The van der Waals surface area contributed by atoms with Crippen LogP contribution in [0.1, 0.15) is 73.7 Å². The van der Waals surface area contributed by atoms with E-state index in [1.165, 1.54) is 6.92 Å². The molecular formula is C45H60Br2N6O6Si2. The molecule has 0 saturated heterocycles. The Bertz CT molecular complexity index is 2480. The molecule has 0 spiro atoms. The molecule has 0 aliphatic heterocycles. The minimum atomic E-state index is -1.86. The number of nitrogens with zero attached hydrogens (tertiary/aromatic N) is 6. The van der Waals surface area contributed by atoms with Crippen LogP contribution in [0.4, 0.5) is 0 Å². The van der Waals surface area contributed by atoms with E-state index in [4.69, 9.17) is 28.3 Å². The van der Waals surface area contributed by atoms with Crippen LogP contribution in [-0.2, 0) is 26.9 Å². The second-order valence-electron chi connectivity index (χ2n) is 19.0. The highest BCUT2D eigenvalue weighted by Gasteiger charge is 2.38. The van der Waals surface area contributed by atoms with Crippen LogP contribution in [0.3, 0.4) is 0 Å². The highest BCUT2D eigenvalue weighted by atomic mass is 79.9. The molecule has 0 saturated carbocycles. The van der Waals surface area contributed by atoms with E-state index in [9.17, 15) is 9.90 Å². The molecule has 0 aliphatic rings.